The van der Waals surface area contributed by atoms with Crippen molar-refractivity contribution in [3.05, 3.63) is 11.5 Å². The molecule has 0 amide bonds. The third kappa shape index (κ3) is 3.47. The highest BCUT2D eigenvalue weighted by atomic mass is 32.2. The van der Waals surface area contributed by atoms with Gasteiger partial charge in [0.2, 0.25) is 0 Å². The topological polar surface area (TPSA) is 46.2 Å². The van der Waals surface area contributed by atoms with E-state index in [-0.39, 0.29) is 30.7 Å². The first-order valence-electron chi connectivity index (χ1n) is 6.00. The van der Waals surface area contributed by atoms with Crippen LogP contribution >= 0.6 is 0 Å². The van der Waals surface area contributed by atoms with E-state index in [4.69, 9.17) is 0 Å². The summed E-state index contributed by atoms with van der Waals surface area (Å²) < 4.78 is 59.8. The van der Waals surface area contributed by atoms with E-state index in [2.05, 4.69) is 5.32 Å². The van der Waals surface area contributed by atoms with Gasteiger partial charge in [-0.05, 0) is 25.7 Å². The van der Waals surface area contributed by atoms with E-state index in [9.17, 15) is 21.6 Å². The zero-order valence-corrected chi connectivity index (χ0v) is 10.6. The Morgan fingerprint density at radius 1 is 1.11 bits per heavy atom. The van der Waals surface area contributed by atoms with E-state index in [0.717, 1.165) is 0 Å². The van der Waals surface area contributed by atoms with Gasteiger partial charge in [-0.1, -0.05) is 6.08 Å². The molecule has 18 heavy (non-hydrogen) atoms. The van der Waals surface area contributed by atoms with Crippen molar-refractivity contribution in [2.45, 2.75) is 43.9 Å². The van der Waals surface area contributed by atoms with Crippen molar-refractivity contribution in [2.75, 3.05) is 5.75 Å². The van der Waals surface area contributed by atoms with Crippen LogP contribution in [0.4, 0.5) is 13.2 Å². The summed E-state index contributed by atoms with van der Waals surface area (Å²) in [6.07, 6.45) is -1.36. The largest absolute Gasteiger partial charge is 0.391 e. The minimum absolute atomic E-state index is 0.00782. The number of rotatable bonds is 2. The predicted octanol–water partition coefficient (Wildman–Crippen LogP) is 2.01. The molecule has 2 aliphatic rings. The maximum absolute atomic E-state index is 12.5. The van der Waals surface area contributed by atoms with Crippen molar-refractivity contribution in [1.29, 1.82) is 0 Å². The zero-order chi connectivity index (χ0) is 13.4. The van der Waals surface area contributed by atoms with Crippen molar-refractivity contribution in [3.8, 4) is 0 Å². The molecular weight excluding hydrogens is 267 g/mol. The molecule has 7 heteroatoms. The average Bonchev–Trinajstić information content (AvgIpc) is 2.57. The summed E-state index contributed by atoms with van der Waals surface area (Å²) in [4.78, 5) is 0. The highest BCUT2D eigenvalue weighted by molar-refractivity contribution is 7.94. The maximum atomic E-state index is 12.5. The van der Waals surface area contributed by atoms with Crippen molar-refractivity contribution in [3.63, 3.8) is 0 Å². The van der Waals surface area contributed by atoms with Crippen molar-refractivity contribution < 1.29 is 21.6 Å². The van der Waals surface area contributed by atoms with E-state index < -0.39 is 21.9 Å². The van der Waals surface area contributed by atoms with Crippen LogP contribution in [-0.2, 0) is 9.84 Å². The van der Waals surface area contributed by atoms with Crippen LogP contribution < -0.4 is 5.32 Å². The van der Waals surface area contributed by atoms with Crippen LogP contribution in [0.15, 0.2) is 11.5 Å². The molecule has 1 aliphatic heterocycles. The molecule has 2 rings (SSSR count). The Bertz CT molecular complexity index is 422. The molecule has 1 saturated carbocycles. The molecule has 0 bridgehead atoms. The first-order chi connectivity index (χ1) is 8.26. The molecule has 104 valence electrons. The molecule has 0 aromatic rings. The third-order valence-electron chi connectivity index (χ3n) is 3.57. The van der Waals surface area contributed by atoms with E-state index in [1.54, 1.807) is 6.08 Å². The normalized spacial score (nSPS) is 35.8. The van der Waals surface area contributed by atoms with Gasteiger partial charge in [0.05, 0.1) is 11.7 Å². The molecule has 1 aliphatic carbocycles. The monoisotopic (exact) mass is 283 g/mol. The van der Waals surface area contributed by atoms with Gasteiger partial charge in [-0.3, -0.25) is 0 Å². The molecule has 1 unspecified atom stereocenters. The highest BCUT2D eigenvalue weighted by Crippen LogP contribution is 2.37. The van der Waals surface area contributed by atoms with E-state index >= 15 is 0 Å². The van der Waals surface area contributed by atoms with E-state index in [1.807, 2.05) is 0 Å². The maximum Gasteiger partial charge on any atom is 0.391 e. The first-order valence-corrected chi connectivity index (χ1v) is 7.71. The molecule has 0 spiro atoms. The van der Waals surface area contributed by atoms with Gasteiger partial charge in [-0.25, -0.2) is 8.42 Å². The number of hydrogen-bond donors (Lipinski definition) is 1. The Hall–Kier alpha value is -0.560. The molecule has 0 aromatic carbocycles. The lowest BCUT2D eigenvalue weighted by molar-refractivity contribution is -0.182. The molecule has 1 N–H and O–H groups in total. The lowest BCUT2D eigenvalue weighted by atomic mass is 9.85. The van der Waals surface area contributed by atoms with Gasteiger partial charge in [-0.2, -0.15) is 13.2 Å². The van der Waals surface area contributed by atoms with Gasteiger partial charge in [0.1, 0.15) is 0 Å². The number of sulfone groups is 1. The molecule has 3 nitrogen and oxygen atoms in total. The summed E-state index contributed by atoms with van der Waals surface area (Å²) in [5.74, 6) is -1.18. The van der Waals surface area contributed by atoms with E-state index in [0.29, 0.717) is 12.8 Å². The number of nitrogens with one attached hydrogen (secondary N) is 1. The molecular formula is C11H16F3NO2S. The fraction of sp³-hybridized carbons (Fsp3) is 0.818. The summed E-state index contributed by atoms with van der Waals surface area (Å²) in [5.41, 5.74) is 0. The smallest absolute Gasteiger partial charge is 0.307 e. The second-order valence-electron chi connectivity index (χ2n) is 5.02. The first kappa shape index (κ1) is 13.9. The Kier molecular flexibility index (Phi) is 3.73. The van der Waals surface area contributed by atoms with Crippen LogP contribution in [0.1, 0.15) is 25.7 Å². The van der Waals surface area contributed by atoms with Crippen LogP contribution in [0.5, 0.6) is 0 Å². The Labute approximate surface area is 104 Å². The number of halogens is 3. The molecule has 1 heterocycles. The SMILES string of the molecule is O=S1(=O)C=CC(NC2CCC(C(F)(F)F)CC2)C1. The van der Waals surface area contributed by atoms with Crippen LogP contribution in [-0.4, -0.2) is 32.4 Å². The minimum atomic E-state index is -4.10. The fourth-order valence-electron chi connectivity index (χ4n) is 2.57. The van der Waals surface area contributed by atoms with Gasteiger partial charge < -0.3 is 5.32 Å². The Morgan fingerprint density at radius 2 is 1.72 bits per heavy atom. The molecule has 1 atom stereocenters. The van der Waals surface area contributed by atoms with Crippen LogP contribution in [0.3, 0.4) is 0 Å². The standard InChI is InChI=1S/C11H16F3NO2S/c12-11(13,14)8-1-3-9(4-2-8)15-10-5-6-18(16,17)7-10/h5-6,8-10,15H,1-4,7H2. The average molecular weight is 283 g/mol. The number of alkyl halides is 3. The Morgan fingerprint density at radius 3 is 2.17 bits per heavy atom. The summed E-state index contributed by atoms with van der Waals surface area (Å²) in [7, 11) is -3.10. The molecule has 0 radical (unpaired) electrons. The minimum Gasteiger partial charge on any atom is -0.307 e. The van der Waals surface area contributed by atoms with Crippen molar-refractivity contribution in [1.82, 2.24) is 5.32 Å². The molecule has 0 aromatic heterocycles. The van der Waals surface area contributed by atoms with Gasteiger partial charge in [-0.15, -0.1) is 0 Å². The van der Waals surface area contributed by atoms with Crippen LogP contribution in [0.25, 0.3) is 0 Å². The lowest BCUT2D eigenvalue weighted by Crippen LogP contribution is -2.42. The number of hydrogen-bond acceptors (Lipinski definition) is 3. The Balaban J connectivity index is 1.80. The van der Waals surface area contributed by atoms with Gasteiger partial charge >= 0.3 is 6.18 Å². The van der Waals surface area contributed by atoms with E-state index in [1.165, 1.54) is 5.41 Å². The fourth-order valence-corrected chi connectivity index (χ4v) is 3.82. The van der Waals surface area contributed by atoms with Crippen LogP contribution in [0.2, 0.25) is 0 Å². The summed E-state index contributed by atoms with van der Waals surface area (Å²) >= 11 is 0. The predicted molar refractivity (Wildman–Crippen MR) is 61.7 cm³/mol. The van der Waals surface area contributed by atoms with Crippen LogP contribution in [0, 0.1) is 5.92 Å². The summed E-state index contributed by atoms with van der Waals surface area (Å²) in [5, 5.41) is 4.28. The second kappa shape index (κ2) is 4.85. The van der Waals surface area contributed by atoms with Gasteiger partial charge in [0, 0.05) is 17.5 Å². The van der Waals surface area contributed by atoms with Crippen molar-refractivity contribution in [2.24, 2.45) is 5.92 Å². The van der Waals surface area contributed by atoms with Gasteiger partial charge in [0.15, 0.2) is 9.84 Å². The van der Waals surface area contributed by atoms with Crippen molar-refractivity contribution >= 4 is 9.84 Å². The summed E-state index contributed by atoms with van der Waals surface area (Å²) in [6.45, 7) is 0. The molecule has 0 saturated heterocycles. The quantitative estimate of drug-likeness (QED) is 0.843. The molecule has 1 fully saturated rings. The lowest BCUT2D eigenvalue weighted by Gasteiger charge is -2.31. The highest BCUT2D eigenvalue weighted by Gasteiger charge is 2.41. The second-order valence-corrected chi connectivity index (χ2v) is 6.95. The third-order valence-corrected chi connectivity index (χ3v) is 4.97. The summed E-state index contributed by atoms with van der Waals surface area (Å²) in [6, 6.07) is -0.256. The van der Waals surface area contributed by atoms with Gasteiger partial charge in [0.25, 0.3) is 0 Å². The zero-order valence-electron chi connectivity index (χ0n) is 9.78.